The van der Waals surface area contributed by atoms with E-state index < -0.39 is 18.0 Å². The fourth-order valence-corrected chi connectivity index (χ4v) is 4.02. The van der Waals surface area contributed by atoms with Gasteiger partial charge in [0.2, 0.25) is 0 Å². The summed E-state index contributed by atoms with van der Waals surface area (Å²) in [6.45, 7) is 1.44. The Morgan fingerprint density at radius 1 is 1.06 bits per heavy atom. The van der Waals surface area contributed by atoms with Gasteiger partial charge in [0.1, 0.15) is 11.3 Å². The van der Waals surface area contributed by atoms with Gasteiger partial charge < -0.3 is 9.84 Å². The van der Waals surface area contributed by atoms with Crippen LogP contribution in [-0.4, -0.2) is 28.1 Å². The zero-order valence-corrected chi connectivity index (χ0v) is 19.0. The number of benzene rings is 3. The van der Waals surface area contributed by atoms with E-state index in [0.717, 1.165) is 16.3 Å². The van der Waals surface area contributed by atoms with Crippen LogP contribution in [-0.2, 0) is 9.53 Å². The molecule has 3 aromatic carbocycles. The number of hydrogen-bond acceptors (Lipinski definition) is 6. The Labute approximate surface area is 197 Å². The van der Waals surface area contributed by atoms with Crippen LogP contribution in [0, 0.1) is 0 Å². The third-order valence-electron chi connectivity index (χ3n) is 4.69. The number of thiazole rings is 1. The van der Waals surface area contributed by atoms with Gasteiger partial charge >= 0.3 is 5.97 Å². The Balaban J connectivity index is 1.43. The first-order chi connectivity index (χ1) is 15.3. The minimum absolute atomic E-state index is 0.0144. The Bertz CT molecular complexity index is 1340. The molecule has 1 heterocycles. The molecule has 4 aromatic rings. The molecule has 0 bridgehead atoms. The zero-order valence-electron chi connectivity index (χ0n) is 16.6. The molecule has 2 N–H and O–H groups in total. The number of carbonyl (C=O) groups excluding carboxylic acids is 2. The highest BCUT2D eigenvalue weighted by atomic mass is 35.5. The first-order valence-corrected chi connectivity index (χ1v) is 11.1. The molecule has 0 saturated heterocycles. The molecule has 0 aliphatic carbocycles. The molecule has 1 aromatic heterocycles. The van der Waals surface area contributed by atoms with Crippen LogP contribution in [0.15, 0.2) is 60.0 Å². The summed E-state index contributed by atoms with van der Waals surface area (Å²) in [5, 5.41) is 17.3. The van der Waals surface area contributed by atoms with E-state index in [4.69, 9.17) is 27.9 Å². The average Bonchev–Trinajstić information content (AvgIpc) is 3.23. The SMILES string of the molecule is C[C@@H](OC(=O)c1cc2ccccc2cc1O)C(=O)Nc1nc(-c2ccc(Cl)c(Cl)c2)cs1. The maximum Gasteiger partial charge on any atom is 0.342 e. The van der Waals surface area contributed by atoms with Gasteiger partial charge in [0.25, 0.3) is 5.91 Å². The number of carbonyl (C=O) groups is 2. The van der Waals surface area contributed by atoms with Crippen molar-refractivity contribution in [1.29, 1.82) is 0 Å². The summed E-state index contributed by atoms with van der Waals surface area (Å²) in [7, 11) is 0. The summed E-state index contributed by atoms with van der Waals surface area (Å²) in [4.78, 5) is 29.4. The number of rotatable bonds is 5. The molecular weight excluding hydrogens is 471 g/mol. The number of nitrogens with zero attached hydrogens (tertiary/aromatic N) is 1. The van der Waals surface area contributed by atoms with Crippen LogP contribution in [0.5, 0.6) is 5.75 Å². The fraction of sp³-hybridized carbons (Fsp3) is 0.0870. The molecule has 9 heteroatoms. The van der Waals surface area contributed by atoms with Gasteiger partial charge in [0, 0.05) is 10.9 Å². The van der Waals surface area contributed by atoms with Gasteiger partial charge in [0.15, 0.2) is 11.2 Å². The molecule has 0 aliphatic heterocycles. The second-order valence-corrected chi connectivity index (χ2v) is 8.59. The topological polar surface area (TPSA) is 88.5 Å². The summed E-state index contributed by atoms with van der Waals surface area (Å²) in [6, 6.07) is 15.4. The predicted octanol–water partition coefficient (Wildman–Crippen LogP) is 6.16. The number of halogens is 2. The number of phenolic OH excluding ortho intramolecular Hbond substituents is 1. The van der Waals surface area contributed by atoms with E-state index in [1.807, 2.05) is 24.3 Å². The standard InChI is InChI=1S/C23H16Cl2N2O4S/c1-12(31-22(30)16-8-13-4-2-3-5-14(13)10-20(16)28)21(29)27-23-26-19(11-32-23)15-6-7-17(24)18(25)9-15/h2-12,28H,1H3,(H,26,27,29)/t12-/m1/s1. The van der Waals surface area contributed by atoms with Crippen molar-refractivity contribution in [1.82, 2.24) is 4.98 Å². The molecule has 162 valence electrons. The second kappa shape index (κ2) is 9.16. The third-order valence-corrected chi connectivity index (χ3v) is 6.18. The molecule has 0 aliphatic rings. The third kappa shape index (κ3) is 4.70. The molecule has 4 rings (SSSR count). The van der Waals surface area contributed by atoms with E-state index in [1.54, 1.807) is 23.6 Å². The monoisotopic (exact) mass is 486 g/mol. The summed E-state index contributed by atoms with van der Waals surface area (Å²) < 4.78 is 5.25. The van der Waals surface area contributed by atoms with Crippen molar-refractivity contribution < 1.29 is 19.4 Å². The van der Waals surface area contributed by atoms with Gasteiger partial charge in [-0.15, -0.1) is 11.3 Å². The second-order valence-electron chi connectivity index (χ2n) is 6.92. The Morgan fingerprint density at radius 2 is 1.78 bits per heavy atom. The van der Waals surface area contributed by atoms with Crippen molar-refractivity contribution in [3.8, 4) is 17.0 Å². The molecule has 0 unspecified atom stereocenters. The maximum atomic E-state index is 12.5. The van der Waals surface area contributed by atoms with Crippen LogP contribution in [0.1, 0.15) is 17.3 Å². The lowest BCUT2D eigenvalue weighted by molar-refractivity contribution is -0.123. The number of nitrogens with one attached hydrogen (secondary N) is 1. The van der Waals surface area contributed by atoms with Gasteiger partial charge in [0.05, 0.1) is 15.7 Å². The quantitative estimate of drug-likeness (QED) is 0.329. The Morgan fingerprint density at radius 3 is 2.50 bits per heavy atom. The lowest BCUT2D eigenvalue weighted by Crippen LogP contribution is -2.30. The number of aromatic nitrogens is 1. The van der Waals surface area contributed by atoms with Crippen molar-refractivity contribution in [2.75, 3.05) is 5.32 Å². The highest BCUT2D eigenvalue weighted by Crippen LogP contribution is 2.31. The van der Waals surface area contributed by atoms with Crippen LogP contribution >= 0.6 is 34.5 Å². The number of anilines is 1. The summed E-state index contributed by atoms with van der Waals surface area (Å²) >= 11 is 13.2. The number of amides is 1. The van der Waals surface area contributed by atoms with Crippen molar-refractivity contribution in [2.45, 2.75) is 13.0 Å². The molecular formula is C23H16Cl2N2O4S. The highest BCUT2D eigenvalue weighted by molar-refractivity contribution is 7.14. The number of esters is 1. The molecule has 0 saturated carbocycles. The predicted molar refractivity (Wildman–Crippen MR) is 127 cm³/mol. The summed E-state index contributed by atoms with van der Waals surface area (Å²) in [6.07, 6.45) is -1.11. The first-order valence-electron chi connectivity index (χ1n) is 9.46. The Hall–Kier alpha value is -3.13. The molecule has 6 nitrogen and oxygen atoms in total. The van der Waals surface area contributed by atoms with Crippen molar-refractivity contribution in [3.05, 3.63) is 75.6 Å². The van der Waals surface area contributed by atoms with E-state index in [9.17, 15) is 14.7 Å². The first kappa shape index (κ1) is 22.1. The molecule has 0 spiro atoms. The van der Waals surface area contributed by atoms with E-state index in [0.29, 0.717) is 20.9 Å². The van der Waals surface area contributed by atoms with Gasteiger partial charge in [-0.25, -0.2) is 9.78 Å². The smallest absolute Gasteiger partial charge is 0.342 e. The van der Waals surface area contributed by atoms with E-state index >= 15 is 0 Å². The van der Waals surface area contributed by atoms with Gasteiger partial charge in [-0.2, -0.15) is 0 Å². The minimum Gasteiger partial charge on any atom is -0.507 e. The van der Waals surface area contributed by atoms with Gasteiger partial charge in [-0.05, 0) is 42.0 Å². The van der Waals surface area contributed by atoms with Crippen LogP contribution in [0.2, 0.25) is 10.0 Å². The number of hydrogen-bond donors (Lipinski definition) is 2. The Kier molecular flexibility index (Phi) is 6.32. The normalized spacial score (nSPS) is 11.8. The van der Waals surface area contributed by atoms with Gasteiger partial charge in [-0.3, -0.25) is 10.1 Å². The highest BCUT2D eigenvalue weighted by Gasteiger charge is 2.22. The van der Waals surface area contributed by atoms with Crippen LogP contribution in [0.25, 0.3) is 22.0 Å². The molecule has 0 radical (unpaired) electrons. The van der Waals surface area contributed by atoms with E-state index in [1.165, 1.54) is 30.4 Å². The van der Waals surface area contributed by atoms with E-state index in [2.05, 4.69) is 10.3 Å². The lowest BCUT2D eigenvalue weighted by atomic mass is 10.1. The lowest BCUT2D eigenvalue weighted by Gasteiger charge is -2.13. The van der Waals surface area contributed by atoms with Gasteiger partial charge in [-0.1, -0.05) is 53.5 Å². The fourth-order valence-electron chi connectivity index (χ4n) is 3.00. The average molecular weight is 487 g/mol. The summed E-state index contributed by atoms with van der Waals surface area (Å²) in [5.41, 5.74) is 1.36. The van der Waals surface area contributed by atoms with E-state index in [-0.39, 0.29) is 11.3 Å². The molecule has 1 amide bonds. The summed E-state index contributed by atoms with van der Waals surface area (Å²) in [5.74, 6) is -1.56. The maximum absolute atomic E-state index is 12.5. The molecule has 1 atom stereocenters. The molecule has 0 fully saturated rings. The number of fused-ring (bicyclic) bond motifs is 1. The molecule has 32 heavy (non-hydrogen) atoms. The zero-order chi connectivity index (χ0) is 22.8. The van der Waals surface area contributed by atoms with Crippen molar-refractivity contribution >= 4 is 62.3 Å². The van der Waals surface area contributed by atoms with Crippen LogP contribution < -0.4 is 5.32 Å². The number of ether oxygens (including phenoxy) is 1. The minimum atomic E-state index is -1.11. The van der Waals surface area contributed by atoms with Crippen molar-refractivity contribution in [3.63, 3.8) is 0 Å². The van der Waals surface area contributed by atoms with Crippen LogP contribution in [0.4, 0.5) is 5.13 Å². The van der Waals surface area contributed by atoms with Crippen LogP contribution in [0.3, 0.4) is 0 Å². The number of aromatic hydroxyl groups is 1. The number of phenols is 1. The van der Waals surface area contributed by atoms with Crippen molar-refractivity contribution in [2.24, 2.45) is 0 Å². The largest absolute Gasteiger partial charge is 0.507 e.